The normalized spacial score (nSPS) is 12.8. The maximum Gasteiger partial charge on any atom is 0.303 e. The number of nitrogens with one attached hydrogen (secondary N) is 1. The predicted octanol–water partition coefficient (Wildman–Crippen LogP) is 6.51. The summed E-state index contributed by atoms with van der Waals surface area (Å²) in [5.74, 6) is -0.897. The van der Waals surface area contributed by atoms with E-state index in [2.05, 4.69) is 29.3 Å². The standard InChI is InChI=1S/C30H34F2N2O3/c1-21-24(20-33-26-12-8-22(28(32)19-26)9-15-29(35)36)7-6-23-5-4-17-34(30(21)23)16-2-3-18-37-27-13-10-25(31)11-14-27/h6-8,10-14,19,33H,2-5,9,15-18,20H2,1H3,(H,35,36). The molecular formula is C30H34F2N2O3. The van der Waals surface area contributed by atoms with E-state index in [9.17, 15) is 13.6 Å². The van der Waals surface area contributed by atoms with E-state index in [1.807, 2.05) is 0 Å². The van der Waals surface area contributed by atoms with Crippen LogP contribution >= 0.6 is 0 Å². The van der Waals surface area contributed by atoms with Gasteiger partial charge in [-0.1, -0.05) is 18.2 Å². The van der Waals surface area contributed by atoms with Crippen molar-refractivity contribution in [2.24, 2.45) is 0 Å². The van der Waals surface area contributed by atoms with Gasteiger partial charge < -0.3 is 20.1 Å². The Hall–Kier alpha value is -3.61. The zero-order valence-electron chi connectivity index (χ0n) is 21.2. The lowest BCUT2D eigenvalue weighted by Gasteiger charge is -2.34. The SMILES string of the molecule is Cc1c(CNc2ccc(CCC(=O)O)c(F)c2)ccc2c1N(CCCCOc1ccc(F)cc1)CCC2. The Morgan fingerprint density at radius 1 is 1.05 bits per heavy atom. The fourth-order valence-electron chi connectivity index (χ4n) is 4.85. The number of carbonyl (C=O) groups is 1. The van der Waals surface area contributed by atoms with Gasteiger partial charge in [-0.2, -0.15) is 0 Å². The van der Waals surface area contributed by atoms with Crippen LogP contribution in [-0.4, -0.2) is 30.8 Å². The van der Waals surface area contributed by atoms with Gasteiger partial charge >= 0.3 is 5.97 Å². The summed E-state index contributed by atoms with van der Waals surface area (Å²) in [6.45, 7) is 5.29. The van der Waals surface area contributed by atoms with Gasteiger partial charge in [-0.15, -0.1) is 0 Å². The molecule has 0 radical (unpaired) electrons. The number of benzene rings is 3. The maximum atomic E-state index is 14.4. The average molecular weight is 509 g/mol. The molecule has 0 bridgehead atoms. The van der Waals surface area contributed by atoms with Crippen LogP contribution in [0.15, 0.2) is 54.6 Å². The van der Waals surface area contributed by atoms with Crippen LogP contribution in [0.3, 0.4) is 0 Å². The van der Waals surface area contributed by atoms with Gasteiger partial charge in [-0.05, 0) is 97.7 Å². The van der Waals surface area contributed by atoms with Crippen LogP contribution < -0.4 is 15.0 Å². The molecule has 1 aliphatic rings. The number of rotatable bonds is 12. The number of halogens is 2. The van der Waals surface area contributed by atoms with Crippen molar-refractivity contribution in [2.45, 2.75) is 52.0 Å². The van der Waals surface area contributed by atoms with Gasteiger partial charge in [0.1, 0.15) is 17.4 Å². The Labute approximate surface area is 217 Å². The van der Waals surface area contributed by atoms with E-state index in [1.54, 1.807) is 24.3 Å². The molecule has 196 valence electrons. The Morgan fingerprint density at radius 3 is 2.59 bits per heavy atom. The highest BCUT2D eigenvalue weighted by Crippen LogP contribution is 2.33. The number of nitrogens with zero attached hydrogens (tertiary/aromatic N) is 1. The molecule has 0 saturated carbocycles. The first kappa shape index (κ1) is 26.5. The number of aryl methyl sites for hydroxylation is 2. The third-order valence-electron chi connectivity index (χ3n) is 6.87. The van der Waals surface area contributed by atoms with Crippen LogP contribution in [0.1, 0.15) is 47.9 Å². The number of anilines is 2. The smallest absolute Gasteiger partial charge is 0.303 e. The highest BCUT2D eigenvalue weighted by Gasteiger charge is 2.20. The predicted molar refractivity (Wildman–Crippen MR) is 143 cm³/mol. The Morgan fingerprint density at radius 2 is 1.84 bits per heavy atom. The van der Waals surface area contributed by atoms with Gasteiger partial charge in [0.25, 0.3) is 0 Å². The first-order valence-corrected chi connectivity index (χ1v) is 12.9. The highest BCUT2D eigenvalue weighted by atomic mass is 19.1. The zero-order chi connectivity index (χ0) is 26.2. The van der Waals surface area contributed by atoms with Gasteiger partial charge in [-0.25, -0.2) is 8.78 Å². The molecule has 1 heterocycles. The molecular weight excluding hydrogens is 474 g/mol. The fourth-order valence-corrected chi connectivity index (χ4v) is 4.85. The molecule has 3 aromatic carbocycles. The Kier molecular flexibility index (Phi) is 8.99. The van der Waals surface area contributed by atoms with Crippen molar-refractivity contribution in [1.29, 1.82) is 0 Å². The molecule has 37 heavy (non-hydrogen) atoms. The van der Waals surface area contributed by atoms with Crippen molar-refractivity contribution in [1.82, 2.24) is 0 Å². The molecule has 0 aromatic heterocycles. The van der Waals surface area contributed by atoms with Crippen molar-refractivity contribution >= 4 is 17.3 Å². The van der Waals surface area contributed by atoms with Gasteiger partial charge in [-0.3, -0.25) is 4.79 Å². The lowest BCUT2D eigenvalue weighted by Crippen LogP contribution is -2.31. The van der Waals surface area contributed by atoms with E-state index in [-0.39, 0.29) is 24.5 Å². The molecule has 4 rings (SSSR count). The molecule has 0 atom stereocenters. The number of carboxylic acids is 1. The summed E-state index contributed by atoms with van der Waals surface area (Å²) < 4.78 is 33.2. The van der Waals surface area contributed by atoms with Crippen molar-refractivity contribution < 1.29 is 23.4 Å². The number of ether oxygens (including phenoxy) is 1. The lowest BCUT2D eigenvalue weighted by atomic mass is 9.94. The second kappa shape index (κ2) is 12.6. The number of hydrogen-bond acceptors (Lipinski definition) is 4. The Balaban J connectivity index is 1.33. The number of hydrogen-bond donors (Lipinski definition) is 2. The zero-order valence-corrected chi connectivity index (χ0v) is 21.2. The second-order valence-electron chi connectivity index (χ2n) is 9.51. The summed E-state index contributed by atoms with van der Waals surface area (Å²) >= 11 is 0. The molecule has 0 unspecified atom stereocenters. The average Bonchev–Trinajstić information content (AvgIpc) is 2.88. The highest BCUT2D eigenvalue weighted by molar-refractivity contribution is 5.67. The number of unbranched alkanes of at least 4 members (excludes halogenated alkanes) is 1. The molecule has 7 heteroatoms. The first-order valence-electron chi connectivity index (χ1n) is 12.9. The summed E-state index contributed by atoms with van der Waals surface area (Å²) in [7, 11) is 0. The maximum absolute atomic E-state index is 14.4. The molecule has 0 amide bonds. The molecule has 0 aliphatic carbocycles. The first-order chi connectivity index (χ1) is 17.9. The van der Waals surface area contributed by atoms with Crippen molar-refractivity contribution in [2.75, 3.05) is 29.9 Å². The molecule has 5 nitrogen and oxygen atoms in total. The van der Waals surface area contributed by atoms with Crippen molar-refractivity contribution in [3.63, 3.8) is 0 Å². The van der Waals surface area contributed by atoms with Crippen LogP contribution in [0.5, 0.6) is 5.75 Å². The van der Waals surface area contributed by atoms with Crippen LogP contribution in [-0.2, 0) is 24.2 Å². The lowest BCUT2D eigenvalue weighted by molar-refractivity contribution is -0.136. The third kappa shape index (κ3) is 7.21. The summed E-state index contributed by atoms with van der Waals surface area (Å²) in [6.07, 6.45) is 4.20. The minimum absolute atomic E-state index is 0.0875. The fraction of sp³-hybridized carbons (Fsp3) is 0.367. The van der Waals surface area contributed by atoms with Crippen LogP contribution in [0.25, 0.3) is 0 Å². The Bertz CT molecular complexity index is 1210. The number of carboxylic acid groups (broad SMARTS) is 1. The molecule has 0 fully saturated rings. The minimum Gasteiger partial charge on any atom is -0.494 e. The van der Waals surface area contributed by atoms with E-state index in [4.69, 9.17) is 9.84 Å². The summed E-state index contributed by atoms with van der Waals surface area (Å²) in [4.78, 5) is 13.2. The third-order valence-corrected chi connectivity index (χ3v) is 6.87. The van der Waals surface area contributed by atoms with Gasteiger partial charge in [0.2, 0.25) is 0 Å². The molecule has 0 saturated heterocycles. The number of aliphatic carboxylic acids is 1. The van der Waals surface area contributed by atoms with Crippen LogP contribution in [0.2, 0.25) is 0 Å². The van der Waals surface area contributed by atoms with Gasteiger partial charge in [0.05, 0.1) is 6.61 Å². The van der Waals surface area contributed by atoms with E-state index in [1.165, 1.54) is 40.6 Å². The van der Waals surface area contributed by atoms with Crippen molar-refractivity contribution in [3.05, 3.63) is 88.5 Å². The molecule has 0 spiro atoms. The topological polar surface area (TPSA) is 61.8 Å². The second-order valence-corrected chi connectivity index (χ2v) is 9.51. The van der Waals surface area contributed by atoms with E-state index >= 15 is 0 Å². The summed E-state index contributed by atoms with van der Waals surface area (Å²) in [5, 5.41) is 12.1. The van der Waals surface area contributed by atoms with E-state index < -0.39 is 5.97 Å². The summed E-state index contributed by atoms with van der Waals surface area (Å²) in [6, 6.07) is 15.4. The quantitative estimate of drug-likeness (QED) is 0.273. The number of fused-ring (bicyclic) bond motifs is 1. The largest absolute Gasteiger partial charge is 0.494 e. The minimum atomic E-state index is -0.933. The monoisotopic (exact) mass is 508 g/mol. The summed E-state index contributed by atoms with van der Waals surface area (Å²) in [5.41, 5.74) is 6.17. The van der Waals surface area contributed by atoms with Crippen LogP contribution in [0.4, 0.5) is 20.2 Å². The molecule has 2 N–H and O–H groups in total. The van der Waals surface area contributed by atoms with Crippen molar-refractivity contribution in [3.8, 4) is 5.75 Å². The molecule has 1 aliphatic heterocycles. The van der Waals surface area contributed by atoms with E-state index in [0.29, 0.717) is 30.2 Å². The van der Waals surface area contributed by atoms with Gasteiger partial charge in [0, 0.05) is 37.4 Å². The molecule has 3 aromatic rings. The van der Waals surface area contributed by atoms with E-state index in [0.717, 1.165) is 38.8 Å². The van der Waals surface area contributed by atoms with Gasteiger partial charge in [0.15, 0.2) is 0 Å². The van der Waals surface area contributed by atoms with Crippen LogP contribution in [0, 0.1) is 18.6 Å².